The minimum absolute atomic E-state index is 0.00969. The first kappa shape index (κ1) is 20.0. The number of benzene rings is 1. The van der Waals surface area contributed by atoms with Gasteiger partial charge in [0.25, 0.3) is 0 Å². The number of sulfone groups is 1. The predicted molar refractivity (Wildman–Crippen MR) is 87.3 cm³/mol. The molecule has 0 N–H and O–H groups in total. The summed E-state index contributed by atoms with van der Waals surface area (Å²) in [7, 11) is -4.42. The van der Waals surface area contributed by atoms with Crippen molar-refractivity contribution >= 4 is 9.84 Å². The van der Waals surface area contributed by atoms with Crippen molar-refractivity contribution in [3.63, 3.8) is 0 Å². The second-order valence-corrected chi connectivity index (χ2v) is 8.65. The Morgan fingerprint density at radius 3 is 2.04 bits per heavy atom. The monoisotopic (exact) mass is 410 g/mol. The molecule has 1 aromatic carbocycles. The average Bonchev–Trinajstić information content (AvgIpc) is 2.62. The molecule has 0 amide bonds. The lowest BCUT2D eigenvalue weighted by Crippen LogP contribution is -2.51. The van der Waals surface area contributed by atoms with E-state index in [2.05, 4.69) is 0 Å². The zero-order valence-corrected chi connectivity index (χ0v) is 14.7. The molecule has 0 unspecified atom stereocenters. The van der Waals surface area contributed by atoms with Crippen molar-refractivity contribution in [1.82, 2.24) is 0 Å². The van der Waals surface area contributed by atoms with E-state index in [0.29, 0.717) is 5.56 Å². The molecule has 0 saturated heterocycles. The molecule has 1 aromatic rings. The summed E-state index contributed by atoms with van der Waals surface area (Å²) in [5.74, 6) is -13.9. The molecule has 4 rings (SSSR count). The molecule has 3 aliphatic rings. The van der Waals surface area contributed by atoms with Gasteiger partial charge in [-0.15, -0.1) is 0 Å². The summed E-state index contributed by atoms with van der Waals surface area (Å²) in [6.07, 6.45) is -1.84. The highest BCUT2D eigenvalue weighted by Crippen LogP contribution is 2.54. The van der Waals surface area contributed by atoms with E-state index in [1.165, 1.54) is 24.3 Å². The van der Waals surface area contributed by atoms with Crippen LogP contribution in [0.25, 0.3) is 0 Å². The zero-order valence-electron chi connectivity index (χ0n) is 13.9. The third-order valence-corrected chi connectivity index (χ3v) is 6.81. The highest BCUT2D eigenvalue weighted by atomic mass is 32.2. The largest absolute Gasteiger partial charge is 0.373 e. The maximum absolute atomic E-state index is 14.5. The molecule has 9 heteroatoms. The van der Waals surface area contributed by atoms with Gasteiger partial charge in [-0.1, -0.05) is 42.5 Å². The molecule has 0 aromatic heterocycles. The van der Waals surface area contributed by atoms with Crippen LogP contribution in [-0.4, -0.2) is 26.7 Å². The first-order valence-electron chi connectivity index (χ1n) is 8.22. The Morgan fingerprint density at radius 1 is 0.963 bits per heavy atom. The van der Waals surface area contributed by atoms with Crippen LogP contribution in [-0.2, 0) is 15.6 Å². The minimum Gasteiger partial charge on any atom is -0.224 e. The van der Waals surface area contributed by atoms with E-state index in [-0.39, 0.29) is 12.8 Å². The lowest BCUT2D eigenvalue weighted by Gasteiger charge is -2.40. The number of rotatable bonds is 6. The third-order valence-electron chi connectivity index (χ3n) is 4.90. The fourth-order valence-electron chi connectivity index (χ4n) is 3.64. The normalized spacial score (nSPS) is 23.4. The van der Waals surface area contributed by atoms with E-state index in [9.17, 15) is 34.8 Å². The van der Waals surface area contributed by atoms with Gasteiger partial charge in [-0.3, -0.25) is 0 Å². The van der Waals surface area contributed by atoms with Crippen LogP contribution >= 0.6 is 0 Å². The van der Waals surface area contributed by atoms with Crippen LogP contribution in [0.5, 0.6) is 0 Å². The Labute approximate surface area is 152 Å². The van der Waals surface area contributed by atoms with Crippen molar-refractivity contribution in [1.29, 1.82) is 0 Å². The Morgan fingerprint density at radius 2 is 1.52 bits per heavy atom. The molecule has 0 spiro atoms. The molecule has 27 heavy (non-hydrogen) atoms. The maximum atomic E-state index is 14.5. The molecular formula is C18H16F6O2S. The SMILES string of the molecule is O=S(=O)(Cc1ccccc1)C1=C(C(F)(F)C(F)(F)C(F)F)[C@@H]2C=C[C@H]1CC2. The summed E-state index contributed by atoms with van der Waals surface area (Å²) in [5, 5.41) is 0. The van der Waals surface area contributed by atoms with Crippen LogP contribution in [0.2, 0.25) is 0 Å². The second kappa shape index (κ2) is 6.68. The van der Waals surface area contributed by atoms with Gasteiger partial charge >= 0.3 is 18.3 Å². The smallest absolute Gasteiger partial charge is 0.224 e. The number of halogens is 6. The Kier molecular flexibility index (Phi) is 4.95. The fourth-order valence-corrected chi connectivity index (χ4v) is 5.69. The number of alkyl halides is 6. The first-order chi connectivity index (χ1) is 12.5. The lowest BCUT2D eigenvalue weighted by atomic mass is 9.73. The van der Waals surface area contributed by atoms with E-state index in [0.717, 1.165) is 0 Å². The van der Waals surface area contributed by atoms with Crippen molar-refractivity contribution in [2.75, 3.05) is 0 Å². The van der Waals surface area contributed by atoms with Crippen LogP contribution in [0.1, 0.15) is 18.4 Å². The molecule has 2 atom stereocenters. The maximum Gasteiger partial charge on any atom is 0.373 e. The van der Waals surface area contributed by atoms with E-state index < -0.39 is 56.2 Å². The van der Waals surface area contributed by atoms with Crippen LogP contribution in [0.3, 0.4) is 0 Å². The first-order valence-corrected chi connectivity index (χ1v) is 9.87. The molecule has 0 aliphatic heterocycles. The van der Waals surface area contributed by atoms with E-state index >= 15 is 0 Å². The Hall–Kier alpha value is -1.77. The molecule has 2 nitrogen and oxygen atoms in total. The highest BCUT2D eigenvalue weighted by Gasteiger charge is 2.67. The summed E-state index contributed by atoms with van der Waals surface area (Å²) >= 11 is 0. The topological polar surface area (TPSA) is 34.1 Å². The predicted octanol–water partition coefficient (Wildman–Crippen LogP) is 4.99. The molecular weight excluding hydrogens is 394 g/mol. The average molecular weight is 410 g/mol. The molecule has 2 bridgehead atoms. The van der Waals surface area contributed by atoms with Crippen molar-refractivity contribution < 1.29 is 34.8 Å². The third kappa shape index (κ3) is 3.30. The summed E-state index contributed by atoms with van der Waals surface area (Å²) in [6, 6.07) is 7.64. The number of hydrogen-bond donors (Lipinski definition) is 0. The molecule has 0 fully saturated rings. The number of allylic oxidation sites excluding steroid dienone is 4. The quantitative estimate of drug-likeness (QED) is 0.489. The highest BCUT2D eigenvalue weighted by molar-refractivity contribution is 7.94. The van der Waals surface area contributed by atoms with Crippen LogP contribution in [0.4, 0.5) is 26.3 Å². The van der Waals surface area contributed by atoms with Crippen molar-refractivity contribution in [2.45, 2.75) is 36.9 Å². The second-order valence-electron chi connectivity index (χ2n) is 6.70. The summed E-state index contributed by atoms with van der Waals surface area (Å²) in [4.78, 5) is -0.838. The van der Waals surface area contributed by atoms with Gasteiger partial charge < -0.3 is 0 Å². The molecule has 3 aliphatic carbocycles. The van der Waals surface area contributed by atoms with Gasteiger partial charge in [0.15, 0.2) is 9.84 Å². The van der Waals surface area contributed by atoms with E-state index in [1.54, 1.807) is 18.2 Å². The van der Waals surface area contributed by atoms with Crippen molar-refractivity contribution in [3.05, 3.63) is 58.5 Å². The molecule has 0 radical (unpaired) electrons. The van der Waals surface area contributed by atoms with Crippen molar-refractivity contribution in [3.8, 4) is 0 Å². The Bertz CT molecular complexity index is 874. The van der Waals surface area contributed by atoms with Crippen LogP contribution in [0.15, 0.2) is 53.0 Å². The minimum atomic E-state index is -5.67. The van der Waals surface area contributed by atoms with Gasteiger partial charge in [0, 0.05) is 17.4 Å². The molecule has 0 heterocycles. The van der Waals surface area contributed by atoms with E-state index in [4.69, 9.17) is 0 Å². The van der Waals surface area contributed by atoms with E-state index in [1.807, 2.05) is 0 Å². The Balaban J connectivity index is 2.15. The lowest BCUT2D eigenvalue weighted by molar-refractivity contribution is -0.249. The van der Waals surface area contributed by atoms with Gasteiger partial charge in [-0.2, -0.15) is 17.6 Å². The van der Waals surface area contributed by atoms with Crippen LogP contribution < -0.4 is 0 Å². The zero-order chi connectivity index (χ0) is 20.0. The van der Waals surface area contributed by atoms with Gasteiger partial charge in [0.1, 0.15) is 0 Å². The summed E-state index contributed by atoms with van der Waals surface area (Å²) < 4.78 is 107. The summed E-state index contributed by atoms with van der Waals surface area (Å²) in [5.41, 5.74) is -1.10. The van der Waals surface area contributed by atoms with Gasteiger partial charge in [-0.05, 0) is 18.4 Å². The number of hydrogen-bond acceptors (Lipinski definition) is 2. The fraction of sp³-hybridized carbons (Fsp3) is 0.444. The van der Waals surface area contributed by atoms with Gasteiger partial charge in [-0.25, -0.2) is 17.2 Å². The van der Waals surface area contributed by atoms with Gasteiger partial charge in [0.05, 0.1) is 10.7 Å². The standard InChI is InChI=1S/C18H16F6O2S/c19-16(20)18(23,24)17(21,22)14-12-6-8-13(9-7-12)15(14)27(25,26)10-11-4-2-1-3-5-11/h1-6,8,12-13,16H,7,9-10H2/t12-,13+/m1/s1. The molecule has 0 saturated carbocycles. The van der Waals surface area contributed by atoms with Crippen molar-refractivity contribution in [2.24, 2.45) is 11.8 Å². The molecule has 148 valence electrons. The van der Waals surface area contributed by atoms with Crippen LogP contribution in [0, 0.1) is 11.8 Å². The van der Waals surface area contributed by atoms with Gasteiger partial charge in [0.2, 0.25) is 0 Å². The summed E-state index contributed by atoms with van der Waals surface area (Å²) in [6.45, 7) is 0. The number of fused-ring (bicyclic) bond motifs is 1.